The van der Waals surface area contributed by atoms with E-state index in [-0.39, 0.29) is 6.04 Å². The molecule has 1 unspecified atom stereocenters. The molecule has 3 N–H and O–H groups in total. The van der Waals surface area contributed by atoms with Crippen LogP contribution in [0.15, 0.2) is 29.2 Å². The summed E-state index contributed by atoms with van der Waals surface area (Å²) in [4.78, 5) is 0.344. The van der Waals surface area contributed by atoms with Crippen LogP contribution in [0.5, 0.6) is 0 Å². The number of sulfonamides is 1. The predicted molar refractivity (Wildman–Crippen MR) is 86.7 cm³/mol. The van der Waals surface area contributed by atoms with Crippen molar-refractivity contribution in [2.45, 2.75) is 56.9 Å². The van der Waals surface area contributed by atoms with Crippen LogP contribution in [0.4, 0.5) is 5.69 Å². The molecule has 0 fully saturated rings. The van der Waals surface area contributed by atoms with Gasteiger partial charge in [0.1, 0.15) is 0 Å². The number of nitrogen functional groups attached to an aromatic ring is 1. The molecule has 4 nitrogen and oxygen atoms in total. The summed E-state index contributed by atoms with van der Waals surface area (Å²) in [5, 5.41) is 0. The van der Waals surface area contributed by atoms with Crippen molar-refractivity contribution < 1.29 is 8.42 Å². The van der Waals surface area contributed by atoms with Gasteiger partial charge < -0.3 is 5.73 Å². The molecule has 1 aliphatic rings. The average molecular weight is 308 g/mol. The van der Waals surface area contributed by atoms with Crippen LogP contribution in [0.25, 0.3) is 0 Å². The van der Waals surface area contributed by atoms with E-state index in [9.17, 15) is 8.42 Å². The highest BCUT2D eigenvalue weighted by Crippen LogP contribution is 2.26. The number of hydrogen-bond acceptors (Lipinski definition) is 3. The Kier molecular flexibility index (Phi) is 5.06. The lowest BCUT2D eigenvalue weighted by Crippen LogP contribution is -2.35. The highest BCUT2D eigenvalue weighted by atomic mass is 32.2. The first kappa shape index (κ1) is 16.0. The second-order valence-electron chi connectivity index (χ2n) is 5.47. The monoisotopic (exact) mass is 308 g/mol. The maximum absolute atomic E-state index is 12.7. The Labute approximate surface area is 127 Å². The molecule has 0 spiro atoms. The number of nitrogens with one attached hydrogen (secondary N) is 1. The summed E-state index contributed by atoms with van der Waals surface area (Å²) in [6.07, 6.45) is 8.03. The van der Waals surface area contributed by atoms with Gasteiger partial charge in [0.2, 0.25) is 10.0 Å². The molecule has 0 radical (unpaired) electrons. The fraction of sp³-hybridized carbons (Fsp3) is 0.500. The Morgan fingerprint density at radius 2 is 2.00 bits per heavy atom. The van der Waals surface area contributed by atoms with Gasteiger partial charge in [0.25, 0.3) is 0 Å². The summed E-state index contributed by atoms with van der Waals surface area (Å²) >= 11 is 0. The Morgan fingerprint density at radius 3 is 2.57 bits per heavy atom. The van der Waals surface area contributed by atoms with Crippen LogP contribution in [0, 0.1) is 0 Å². The number of nitrogens with two attached hydrogens (primary N) is 1. The quantitative estimate of drug-likeness (QED) is 0.649. The molecule has 0 saturated carbocycles. The van der Waals surface area contributed by atoms with Gasteiger partial charge in [-0.2, -0.15) is 0 Å². The van der Waals surface area contributed by atoms with Crippen molar-refractivity contribution in [1.29, 1.82) is 0 Å². The van der Waals surface area contributed by atoms with Gasteiger partial charge in [0.15, 0.2) is 0 Å². The van der Waals surface area contributed by atoms with Crippen molar-refractivity contribution in [3.63, 3.8) is 0 Å². The van der Waals surface area contributed by atoms with Gasteiger partial charge in [-0.25, -0.2) is 13.1 Å². The Hall–Kier alpha value is -1.33. The molecule has 1 aliphatic carbocycles. The summed E-state index contributed by atoms with van der Waals surface area (Å²) in [5.74, 6) is 0. The SMILES string of the molecule is CCc1cc(N)c(CC)c(S(=O)(=O)NC2CC=CCC2)c1. The maximum Gasteiger partial charge on any atom is 0.241 e. The van der Waals surface area contributed by atoms with Crippen molar-refractivity contribution in [3.8, 4) is 0 Å². The zero-order valence-corrected chi connectivity index (χ0v) is 13.5. The first-order valence-corrected chi connectivity index (χ1v) is 9.04. The lowest BCUT2D eigenvalue weighted by Gasteiger charge is -2.21. The Morgan fingerprint density at radius 1 is 1.24 bits per heavy atom. The molecule has 1 atom stereocenters. The van der Waals surface area contributed by atoms with Gasteiger partial charge in [0.05, 0.1) is 4.90 Å². The molecule has 0 bridgehead atoms. The van der Waals surface area contributed by atoms with E-state index in [1.807, 2.05) is 26.0 Å². The normalized spacial score (nSPS) is 18.9. The second-order valence-corrected chi connectivity index (χ2v) is 7.15. The van der Waals surface area contributed by atoms with E-state index in [1.165, 1.54) is 0 Å². The van der Waals surface area contributed by atoms with E-state index in [1.54, 1.807) is 6.07 Å². The molecule has 0 aromatic heterocycles. The number of anilines is 1. The van der Waals surface area contributed by atoms with Crippen molar-refractivity contribution >= 4 is 15.7 Å². The van der Waals surface area contributed by atoms with Crippen molar-refractivity contribution in [1.82, 2.24) is 4.72 Å². The molecule has 0 aliphatic heterocycles. The summed E-state index contributed by atoms with van der Waals surface area (Å²) in [7, 11) is -3.52. The number of hydrogen-bond donors (Lipinski definition) is 2. The van der Waals surface area contributed by atoms with Crippen molar-refractivity contribution in [3.05, 3.63) is 35.4 Å². The predicted octanol–water partition coefficient (Wildman–Crippen LogP) is 2.78. The molecule has 2 rings (SSSR count). The molecule has 0 saturated heterocycles. The zero-order chi connectivity index (χ0) is 15.5. The average Bonchev–Trinajstić information content (AvgIpc) is 2.47. The molecule has 1 aromatic carbocycles. The van der Waals surface area contributed by atoms with E-state index >= 15 is 0 Å². The lowest BCUT2D eigenvalue weighted by atomic mass is 10.0. The van der Waals surface area contributed by atoms with Gasteiger partial charge in [-0.3, -0.25) is 0 Å². The minimum absolute atomic E-state index is 0.0174. The first-order valence-electron chi connectivity index (χ1n) is 7.56. The lowest BCUT2D eigenvalue weighted by molar-refractivity contribution is 0.521. The first-order chi connectivity index (χ1) is 9.97. The summed E-state index contributed by atoms with van der Waals surface area (Å²) in [5.41, 5.74) is 8.27. The molecule has 116 valence electrons. The molecule has 1 aromatic rings. The van der Waals surface area contributed by atoms with Gasteiger partial charge >= 0.3 is 0 Å². The Bertz CT molecular complexity index is 636. The van der Waals surface area contributed by atoms with Gasteiger partial charge in [-0.15, -0.1) is 0 Å². The van der Waals surface area contributed by atoms with Gasteiger partial charge in [0, 0.05) is 11.7 Å². The third kappa shape index (κ3) is 3.66. The number of aryl methyl sites for hydroxylation is 1. The van der Waals surface area contributed by atoms with Crippen LogP contribution in [0.1, 0.15) is 44.2 Å². The number of allylic oxidation sites excluding steroid dienone is 1. The Balaban J connectivity index is 2.38. The smallest absolute Gasteiger partial charge is 0.241 e. The summed E-state index contributed by atoms with van der Waals surface area (Å²) in [6, 6.07) is 3.62. The third-order valence-electron chi connectivity index (χ3n) is 3.95. The van der Waals surface area contributed by atoms with Crippen LogP contribution in [0.3, 0.4) is 0 Å². The van der Waals surface area contributed by atoms with Crippen molar-refractivity contribution in [2.24, 2.45) is 0 Å². The van der Waals surface area contributed by atoms with Crippen LogP contribution in [0.2, 0.25) is 0 Å². The number of benzene rings is 1. The molecule has 21 heavy (non-hydrogen) atoms. The second kappa shape index (κ2) is 6.62. The van der Waals surface area contributed by atoms with E-state index < -0.39 is 10.0 Å². The number of rotatable bonds is 5. The minimum Gasteiger partial charge on any atom is -0.398 e. The van der Waals surface area contributed by atoms with Gasteiger partial charge in [-0.1, -0.05) is 26.0 Å². The van der Waals surface area contributed by atoms with Crippen LogP contribution >= 0.6 is 0 Å². The van der Waals surface area contributed by atoms with E-state index in [4.69, 9.17) is 5.73 Å². The molecule has 0 heterocycles. The largest absolute Gasteiger partial charge is 0.398 e. The van der Waals surface area contributed by atoms with E-state index in [2.05, 4.69) is 10.8 Å². The van der Waals surface area contributed by atoms with E-state index in [0.717, 1.165) is 31.2 Å². The molecular weight excluding hydrogens is 284 g/mol. The fourth-order valence-electron chi connectivity index (χ4n) is 2.73. The topological polar surface area (TPSA) is 72.2 Å². The minimum atomic E-state index is -3.52. The fourth-order valence-corrected chi connectivity index (χ4v) is 4.41. The zero-order valence-electron chi connectivity index (χ0n) is 12.7. The highest BCUT2D eigenvalue weighted by molar-refractivity contribution is 7.89. The standard InChI is InChI=1S/C16H24N2O2S/c1-3-12-10-15(17)14(4-2)16(11-12)21(19,20)18-13-8-6-5-7-9-13/h5-6,10-11,13,18H,3-4,7-9,17H2,1-2H3. The highest BCUT2D eigenvalue weighted by Gasteiger charge is 2.24. The van der Waals surface area contributed by atoms with Crippen molar-refractivity contribution in [2.75, 3.05) is 5.73 Å². The van der Waals surface area contributed by atoms with Crippen LogP contribution in [-0.4, -0.2) is 14.5 Å². The third-order valence-corrected chi connectivity index (χ3v) is 5.53. The summed E-state index contributed by atoms with van der Waals surface area (Å²) in [6.45, 7) is 3.93. The van der Waals surface area contributed by atoms with Crippen LogP contribution in [-0.2, 0) is 22.9 Å². The maximum atomic E-state index is 12.7. The van der Waals surface area contributed by atoms with Gasteiger partial charge in [-0.05, 0) is 55.4 Å². The molecule has 0 amide bonds. The molecule has 5 heteroatoms. The molecular formula is C16H24N2O2S. The van der Waals surface area contributed by atoms with Crippen LogP contribution < -0.4 is 10.5 Å². The van der Waals surface area contributed by atoms with E-state index in [0.29, 0.717) is 22.6 Å². The summed E-state index contributed by atoms with van der Waals surface area (Å²) < 4.78 is 28.2.